The maximum Gasteiger partial charge on any atom is 0.126 e. The Morgan fingerprint density at radius 1 is 1.16 bits per heavy atom. The average molecular weight is 432 g/mol. The zero-order chi connectivity index (χ0) is 22.3. The number of nitrogens with zero attached hydrogens (tertiary/aromatic N) is 2. The summed E-state index contributed by atoms with van der Waals surface area (Å²) in [5.41, 5.74) is 5.52. The van der Waals surface area contributed by atoms with E-state index in [0.29, 0.717) is 6.42 Å². The number of fused-ring (bicyclic) bond motifs is 3. The largest absolute Gasteiger partial charge is 0.393 e. The minimum Gasteiger partial charge on any atom is -0.393 e. The summed E-state index contributed by atoms with van der Waals surface area (Å²) in [6.45, 7) is 1.84. The summed E-state index contributed by atoms with van der Waals surface area (Å²) >= 11 is 0. The Bertz CT molecular complexity index is 1120. The second-order valence-corrected chi connectivity index (χ2v) is 10.0. The third-order valence-corrected chi connectivity index (χ3v) is 7.87. The van der Waals surface area contributed by atoms with Crippen LogP contribution in [-0.2, 0) is 23.2 Å². The number of benzene rings is 2. The van der Waals surface area contributed by atoms with Crippen molar-refractivity contribution in [3.8, 4) is 0 Å². The molecule has 3 aromatic rings. The normalized spacial score (nSPS) is 25.3. The van der Waals surface area contributed by atoms with Crippen LogP contribution in [0.15, 0.2) is 42.5 Å². The van der Waals surface area contributed by atoms with Gasteiger partial charge in [-0.2, -0.15) is 0 Å². The summed E-state index contributed by atoms with van der Waals surface area (Å²) < 4.78 is 2.50. The Balaban J connectivity index is 1.69. The van der Waals surface area contributed by atoms with E-state index in [4.69, 9.17) is 4.98 Å². The van der Waals surface area contributed by atoms with Crippen molar-refractivity contribution in [2.24, 2.45) is 5.41 Å². The van der Waals surface area contributed by atoms with Gasteiger partial charge in [0, 0.05) is 35.7 Å². The van der Waals surface area contributed by atoms with Crippen molar-refractivity contribution in [1.29, 1.82) is 0 Å². The van der Waals surface area contributed by atoms with Gasteiger partial charge in [-0.15, -0.1) is 0 Å². The quantitative estimate of drug-likeness (QED) is 0.501. The van der Waals surface area contributed by atoms with Crippen molar-refractivity contribution in [3.63, 3.8) is 0 Å². The Kier molecular flexibility index (Phi) is 5.32. The molecule has 2 fully saturated rings. The lowest BCUT2D eigenvalue weighted by atomic mass is 9.85. The van der Waals surface area contributed by atoms with Crippen molar-refractivity contribution in [2.75, 3.05) is 12.4 Å². The minimum atomic E-state index is -0.350. The molecule has 2 aliphatic rings. The molecule has 2 aromatic carbocycles. The van der Waals surface area contributed by atoms with Crippen molar-refractivity contribution < 1.29 is 9.90 Å². The number of imidazole rings is 1. The van der Waals surface area contributed by atoms with E-state index in [2.05, 4.69) is 46.3 Å². The molecule has 0 saturated heterocycles. The van der Waals surface area contributed by atoms with Crippen LogP contribution in [0.25, 0.3) is 11.0 Å². The molecule has 2 aliphatic carbocycles. The Labute approximate surface area is 189 Å². The summed E-state index contributed by atoms with van der Waals surface area (Å²) in [6.07, 6.45) is 8.08. The molecule has 5 nitrogen and oxygen atoms in total. The molecular formula is C27H33N3O2. The molecule has 0 amide bonds. The highest BCUT2D eigenvalue weighted by atomic mass is 16.3. The summed E-state index contributed by atoms with van der Waals surface area (Å²) in [5.74, 6) is 1.08. The second-order valence-electron chi connectivity index (χ2n) is 10.0. The Morgan fingerprint density at radius 2 is 1.91 bits per heavy atom. The number of aldehydes is 1. The van der Waals surface area contributed by atoms with E-state index in [9.17, 15) is 9.90 Å². The summed E-state index contributed by atoms with van der Waals surface area (Å²) in [5, 5.41) is 13.3. The molecule has 5 heteroatoms. The first kappa shape index (κ1) is 21.2. The fourth-order valence-corrected chi connectivity index (χ4v) is 6.20. The monoisotopic (exact) mass is 431 g/mol. The van der Waals surface area contributed by atoms with Crippen LogP contribution in [-0.4, -0.2) is 34.1 Å². The van der Waals surface area contributed by atoms with Gasteiger partial charge < -0.3 is 19.8 Å². The van der Waals surface area contributed by atoms with Gasteiger partial charge in [0.25, 0.3) is 0 Å². The highest BCUT2D eigenvalue weighted by Gasteiger charge is 2.56. The van der Waals surface area contributed by atoms with Gasteiger partial charge in [-0.1, -0.05) is 30.3 Å². The van der Waals surface area contributed by atoms with Gasteiger partial charge in [0.2, 0.25) is 0 Å². The summed E-state index contributed by atoms with van der Waals surface area (Å²) in [7, 11) is 1.94. The molecule has 0 aliphatic heterocycles. The van der Waals surface area contributed by atoms with Gasteiger partial charge in [0.05, 0.1) is 17.1 Å². The van der Waals surface area contributed by atoms with Crippen LogP contribution < -0.4 is 5.32 Å². The van der Waals surface area contributed by atoms with Crippen molar-refractivity contribution in [1.82, 2.24) is 9.55 Å². The number of aliphatic hydroxyl groups is 1. The van der Waals surface area contributed by atoms with Gasteiger partial charge in [-0.3, -0.25) is 0 Å². The summed E-state index contributed by atoms with van der Waals surface area (Å²) in [6, 6.07) is 14.9. The standard InChI is InChI=1S/C27H33N3O2/c1-19(32)8-9-21-22(28-2)10-11-23-25(21)29-24(16-20-6-4-3-5-7-20)30(23)27-14-12-26(17-27,18-31)13-15-27/h3-7,10-11,18-19,28,32H,8-9,12-17H2,1-2H3. The molecule has 5 rings (SSSR count). The molecule has 1 heterocycles. The number of aromatic nitrogens is 2. The second kappa shape index (κ2) is 8.04. The van der Waals surface area contributed by atoms with E-state index in [1.807, 2.05) is 20.0 Å². The lowest BCUT2D eigenvalue weighted by Crippen LogP contribution is -2.30. The SMILES string of the molecule is CNc1ccc2c(nc(Cc3ccccc3)n2C23CCC(C=O)(CC2)C3)c1CCC(C)O. The minimum absolute atomic E-state index is 0.0253. The van der Waals surface area contributed by atoms with Crippen molar-refractivity contribution >= 4 is 23.0 Å². The molecule has 2 saturated carbocycles. The third kappa shape index (κ3) is 3.43. The van der Waals surface area contributed by atoms with Gasteiger partial charge in [0.1, 0.15) is 12.1 Å². The van der Waals surface area contributed by atoms with Crippen LogP contribution in [0.3, 0.4) is 0 Å². The molecule has 32 heavy (non-hydrogen) atoms. The number of nitrogens with one attached hydrogen (secondary N) is 1. The van der Waals surface area contributed by atoms with E-state index in [1.54, 1.807) is 0 Å². The number of carbonyl (C=O) groups excluding carboxylic acids is 1. The Morgan fingerprint density at radius 3 is 2.53 bits per heavy atom. The lowest BCUT2D eigenvalue weighted by molar-refractivity contribution is -0.115. The van der Waals surface area contributed by atoms with Crippen LogP contribution >= 0.6 is 0 Å². The van der Waals surface area contributed by atoms with E-state index < -0.39 is 0 Å². The molecule has 1 aromatic heterocycles. The number of hydrogen-bond acceptors (Lipinski definition) is 4. The maximum atomic E-state index is 12.0. The molecule has 1 atom stereocenters. The number of rotatable bonds is 8. The maximum absolute atomic E-state index is 12.0. The van der Waals surface area contributed by atoms with Crippen LogP contribution in [0.5, 0.6) is 0 Å². The van der Waals surface area contributed by atoms with Crippen LogP contribution in [0, 0.1) is 5.41 Å². The zero-order valence-corrected chi connectivity index (χ0v) is 19.1. The van der Waals surface area contributed by atoms with Gasteiger partial charge in [-0.05, 0) is 69.6 Å². The van der Waals surface area contributed by atoms with E-state index >= 15 is 0 Å². The predicted molar refractivity (Wildman–Crippen MR) is 128 cm³/mol. The first-order valence-electron chi connectivity index (χ1n) is 11.9. The molecule has 1 unspecified atom stereocenters. The smallest absolute Gasteiger partial charge is 0.126 e. The van der Waals surface area contributed by atoms with E-state index in [1.165, 1.54) is 22.9 Å². The number of aliphatic hydroxyl groups excluding tert-OH is 1. The molecule has 0 spiro atoms. The van der Waals surface area contributed by atoms with Crippen molar-refractivity contribution in [2.45, 2.75) is 69.9 Å². The zero-order valence-electron chi connectivity index (χ0n) is 19.1. The molecular weight excluding hydrogens is 398 g/mol. The molecule has 2 bridgehead atoms. The topological polar surface area (TPSA) is 67.2 Å². The highest BCUT2D eigenvalue weighted by Crippen LogP contribution is 2.60. The number of carbonyl (C=O) groups is 1. The molecule has 0 radical (unpaired) electrons. The first-order valence-corrected chi connectivity index (χ1v) is 11.9. The fourth-order valence-electron chi connectivity index (χ4n) is 6.20. The average Bonchev–Trinajstić information content (AvgIpc) is 3.48. The predicted octanol–water partition coefficient (Wildman–Crippen LogP) is 4.84. The highest BCUT2D eigenvalue weighted by molar-refractivity contribution is 5.86. The first-order chi connectivity index (χ1) is 15.5. The molecule has 2 N–H and O–H groups in total. The fraction of sp³-hybridized carbons (Fsp3) is 0.481. The van der Waals surface area contributed by atoms with Crippen LogP contribution in [0.2, 0.25) is 0 Å². The van der Waals surface area contributed by atoms with Crippen molar-refractivity contribution in [3.05, 3.63) is 59.4 Å². The number of aryl methyl sites for hydroxylation is 1. The van der Waals surface area contributed by atoms with Gasteiger partial charge in [-0.25, -0.2) is 4.98 Å². The Hall–Kier alpha value is -2.66. The third-order valence-electron chi connectivity index (χ3n) is 7.87. The van der Waals surface area contributed by atoms with E-state index in [0.717, 1.165) is 62.0 Å². The van der Waals surface area contributed by atoms with E-state index in [-0.39, 0.29) is 17.1 Å². The number of hydrogen-bond donors (Lipinski definition) is 2. The van der Waals surface area contributed by atoms with Crippen LogP contribution in [0.4, 0.5) is 5.69 Å². The number of anilines is 1. The molecule has 168 valence electrons. The van der Waals surface area contributed by atoms with Crippen LogP contribution in [0.1, 0.15) is 62.4 Å². The lowest BCUT2D eigenvalue weighted by Gasteiger charge is -2.31. The van der Waals surface area contributed by atoms with Gasteiger partial charge >= 0.3 is 0 Å². The van der Waals surface area contributed by atoms with Gasteiger partial charge in [0.15, 0.2) is 0 Å². The summed E-state index contributed by atoms with van der Waals surface area (Å²) in [4.78, 5) is 17.2.